The highest BCUT2D eigenvalue weighted by atomic mass is 16.6. The number of fused-ring (bicyclic) bond motifs is 3. The summed E-state index contributed by atoms with van der Waals surface area (Å²) in [5.74, 6) is 2.39. The number of carbonyl (C=O) groups is 1. The van der Waals surface area contributed by atoms with E-state index in [2.05, 4.69) is 56.5 Å². The average molecular weight is 593 g/mol. The summed E-state index contributed by atoms with van der Waals surface area (Å²) in [7, 11) is 3.29. The number of anilines is 1. The maximum atomic E-state index is 13.4. The lowest BCUT2D eigenvalue weighted by molar-refractivity contribution is 0.0325. The number of alkyl carbamates (subject to hydrolysis) is 1. The number of carbonyl (C=O) groups excluding carboxylic acids is 1. The Morgan fingerprint density at radius 2 is 1.48 bits per heavy atom. The molecule has 0 atom stereocenters. The average Bonchev–Trinajstić information content (AvgIpc) is 3.35. The Morgan fingerprint density at radius 1 is 0.795 bits per heavy atom. The Labute approximate surface area is 259 Å². The molecule has 1 saturated heterocycles. The summed E-state index contributed by atoms with van der Waals surface area (Å²) in [6.07, 6.45) is 2.23. The molecular formula is C36H40N4O4. The molecule has 4 aromatic rings. The van der Waals surface area contributed by atoms with Crippen molar-refractivity contribution in [2.45, 2.75) is 31.4 Å². The lowest BCUT2D eigenvalue weighted by atomic mass is 9.86. The summed E-state index contributed by atoms with van der Waals surface area (Å²) in [5.41, 5.74) is 4.52. The molecule has 0 unspecified atom stereocenters. The monoisotopic (exact) mass is 592 g/mol. The van der Waals surface area contributed by atoms with Crippen molar-refractivity contribution in [3.05, 3.63) is 108 Å². The van der Waals surface area contributed by atoms with E-state index in [1.807, 2.05) is 54.6 Å². The highest BCUT2D eigenvalue weighted by Gasteiger charge is 2.46. The molecular weight excluding hydrogens is 552 g/mol. The Bertz CT molecular complexity index is 1520. The Morgan fingerprint density at radius 3 is 2.14 bits per heavy atom. The van der Waals surface area contributed by atoms with Crippen molar-refractivity contribution in [2.24, 2.45) is 0 Å². The molecule has 2 aliphatic rings. The van der Waals surface area contributed by atoms with E-state index in [0.717, 1.165) is 85.0 Å². The van der Waals surface area contributed by atoms with Crippen LogP contribution in [0.25, 0.3) is 11.1 Å². The maximum Gasteiger partial charge on any atom is 0.408 e. The number of unbranched alkanes of at least 4 members (excludes halogenated alkanes) is 1. The zero-order chi connectivity index (χ0) is 30.4. The zero-order valence-electron chi connectivity index (χ0n) is 25.5. The van der Waals surface area contributed by atoms with Crippen LogP contribution in [-0.4, -0.2) is 62.9 Å². The molecule has 0 spiro atoms. The highest BCUT2D eigenvalue weighted by molar-refractivity contribution is 5.82. The van der Waals surface area contributed by atoms with Crippen LogP contribution in [0.15, 0.2) is 91.0 Å². The van der Waals surface area contributed by atoms with Crippen LogP contribution in [0.3, 0.4) is 0 Å². The number of benzene rings is 3. The standard InChI is InChI=1S/C36H40N4O4/c1-42-28-18-16-27(17-19-28)26-37-35(41)44-36(31-12-5-3-10-29(31)30-11-4-6-13-32(30)36)20-7-8-21-39-22-24-40(25-23-39)33-14-9-15-34(38-33)43-2/h3-6,9-19H,7-8,20-26H2,1-2H3,(H,37,41). The topological polar surface area (TPSA) is 76.2 Å². The number of aromatic nitrogens is 1. The van der Waals surface area contributed by atoms with Crippen molar-refractivity contribution in [1.29, 1.82) is 0 Å². The molecule has 8 heteroatoms. The number of ether oxygens (including phenoxy) is 3. The number of nitrogens with one attached hydrogen (secondary N) is 1. The van der Waals surface area contributed by atoms with E-state index in [1.165, 1.54) is 0 Å². The van der Waals surface area contributed by atoms with Crippen LogP contribution in [0.1, 0.15) is 36.0 Å². The fraction of sp³-hybridized carbons (Fsp3) is 0.333. The molecule has 0 radical (unpaired) electrons. The first-order valence-corrected chi connectivity index (χ1v) is 15.4. The van der Waals surface area contributed by atoms with Crippen LogP contribution in [-0.2, 0) is 16.9 Å². The molecule has 6 rings (SSSR count). The number of hydrogen-bond donors (Lipinski definition) is 1. The van der Waals surface area contributed by atoms with Crippen molar-refractivity contribution >= 4 is 11.9 Å². The van der Waals surface area contributed by atoms with Gasteiger partial charge in [-0.25, -0.2) is 4.79 Å². The van der Waals surface area contributed by atoms with Gasteiger partial charge in [0.25, 0.3) is 0 Å². The van der Waals surface area contributed by atoms with Crippen LogP contribution < -0.4 is 19.7 Å². The predicted molar refractivity (Wildman–Crippen MR) is 172 cm³/mol. The molecule has 2 heterocycles. The molecule has 3 aromatic carbocycles. The molecule has 1 N–H and O–H groups in total. The van der Waals surface area contributed by atoms with Gasteiger partial charge < -0.3 is 24.4 Å². The zero-order valence-corrected chi connectivity index (χ0v) is 25.5. The van der Waals surface area contributed by atoms with E-state index >= 15 is 0 Å². The number of amides is 1. The summed E-state index contributed by atoms with van der Waals surface area (Å²) in [6, 6.07) is 30.2. The van der Waals surface area contributed by atoms with Gasteiger partial charge in [0.15, 0.2) is 5.60 Å². The number of hydrogen-bond acceptors (Lipinski definition) is 7. The summed E-state index contributed by atoms with van der Waals surface area (Å²) in [4.78, 5) is 22.8. The van der Waals surface area contributed by atoms with Crippen LogP contribution >= 0.6 is 0 Å². The molecule has 44 heavy (non-hydrogen) atoms. The quantitative estimate of drug-likeness (QED) is 0.207. The van der Waals surface area contributed by atoms with Gasteiger partial charge in [-0.2, -0.15) is 4.98 Å². The lowest BCUT2D eigenvalue weighted by Crippen LogP contribution is -2.47. The molecule has 1 aromatic heterocycles. The van der Waals surface area contributed by atoms with Crippen LogP contribution in [0, 0.1) is 0 Å². The molecule has 8 nitrogen and oxygen atoms in total. The van der Waals surface area contributed by atoms with Gasteiger partial charge in [0, 0.05) is 49.9 Å². The first-order chi connectivity index (χ1) is 21.6. The number of rotatable bonds is 11. The van der Waals surface area contributed by atoms with Gasteiger partial charge in [-0.3, -0.25) is 4.90 Å². The number of pyridine rings is 1. The van der Waals surface area contributed by atoms with Gasteiger partial charge in [0.05, 0.1) is 14.2 Å². The van der Waals surface area contributed by atoms with E-state index in [-0.39, 0.29) is 0 Å². The lowest BCUT2D eigenvalue weighted by Gasteiger charge is -2.36. The van der Waals surface area contributed by atoms with E-state index in [0.29, 0.717) is 18.8 Å². The van der Waals surface area contributed by atoms with Crippen LogP contribution in [0.4, 0.5) is 10.6 Å². The van der Waals surface area contributed by atoms with Crippen molar-refractivity contribution < 1.29 is 19.0 Å². The largest absolute Gasteiger partial charge is 0.497 e. The van der Waals surface area contributed by atoms with Crippen LogP contribution in [0.5, 0.6) is 11.6 Å². The van der Waals surface area contributed by atoms with Gasteiger partial charge in [-0.05, 0) is 60.7 Å². The van der Waals surface area contributed by atoms with Crippen molar-refractivity contribution in [1.82, 2.24) is 15.2 Å². The SMILES string of the molecule is COc1ccc(CNC(=O)OC2(CCCCN3CCN(c4cccc(OC)n4)CC3)c3ccccc3-c3ccccc32)cc1. The molecule has 1 amide bonds. The smallest absolute Gasteiger partial charge is 0.408 e. The highest BCUT2D eigenvalue weighted by Crippen LogP contribution is 2.52. The second-order valence-electron chi connectivity index (χ2n) is 11.3. The summed E-state index contributed by atoms with van der Waals surface area (Å²) < 4.78 is 17.0. The van der Waals surface area contributed by atoms with E-state index in [9.17, 15) is 4.79 Å². The Balaban J connectivity index is 1.11. The minimum Gasteiger partial charge on any atom is -0.497 e. The Kier molecular flexibility index (Phi) is 8.98. The third kappa shape index (κ3) is 6.21. The molecule has 1 aliphatic heterocycles. The first kappa shape index (κ1) is 29.5. The molecule has 1 fully saturated rings. The third-order valence-electron chi connectivity index (χ3n) is 8.74. The first-order valence-electron chi connectivity index (χ1n) is 15.4. The minimum absolute atomic E-state index is 0.374. The number of piperazine rings is 1. The second-order valence-corrected chi connectivity index (χ2v) is 11.3. The summed E-state index contributed by atoms with van der Waals surface area (Å²) >= 11 is 0. The minimum atomic E-state index is -0.839. The van der Waals surface area contributed by atoms with Crippen molar-refractivity contribution in [2.75, 3.05) is 51.8 Å². The number of methoxy groups -OCH3 is 2. The van der Waals surface area contributed by atoms with Gasteiger partial charge in [-0.15, -0.1) is 0 Å². The fourth-order valence-electron chi connectivity index (χ4n) is 6.43. The van der Waals surface area contributed by atoms with E-state index in [1.54, 1.807) is 14.2 Å². The fourth-order valence-corrected chi connectivity index (χ4v) is 6.43. The number of nitrogens with zero attached hydrogens (tertiary/aromatic N) is 3. The van der Waals surface area contributed by atoms with E-state index < -0.39 is 11.7 Å². The van der Waals surface area contributed by atoms with Gasteiger partial charge in [-0.1, -0.05) is 66.7 Å². The van der Waals surface area contributed by atoms with E-state index in [4.69, 9.17) is 14.2 Å². The van der Waals surface area contributed by atoms with Crippen molar-refractivity contribution in [3.63, 3.8) is 0 Å². The van der Waals surface area contributed by atoms with Gasteiger partial charge >= 0.3 is 6.09 Å². The van der Waals surface area contributed by atoms with Crippen LogP contribution in [0.2, 0.25) is 0 Å². The predicted octanol–water partition coefficient (Wildman–Crippen LogP) is 6.24. The van der Waals surface area contributed by atoms with Gasteiger partial charge in [0.1, 0.15) is 11.6 Å². The van der Waals surface area contributed by atoms with Crippen molar-refractivity contribution in [3.8, 4) is 22.8 Å². The summed E-state index contributed by atoms with van der Waals surface area (Å²) in [5, 5.41) is 2.99. The molecule has 0 saturated carbocycles. The maximum absolute atomic E-state index is 13.4. The third-order valence-corrected chi connectivity index (χ3v) is 8.74. The normalized spacial score (nSPS) is 15.3. The molecule has 1 aliphatic carbocycles. The van der Waals surface area contributed by atoms with Gasteiger partial charge in [0.2, 0.25) is 5.88 Å². The molecule has 0 bridgehead atoms. The Hall–Kier alpha value is -4.56. The summed E-state index contributed by atoms with van der Waals surface area (Å²) in [6.45, 7) is 5.21. The second kappa shape index (κ2) is 13.4. The molecule has 228 valence electrons.